The first-order chi connectivity index (χ1) is 16.3. The third-order valence-corrected chi connectivity index (χ3v) is 7.23. The predicted octanol–water partition coefficient (Wildman–Crippen LogP) is 4.74. The topological polar surface area (TPSA) is 96.2 Å². The molecular formula is C25H26ClFN4O3. The van der Waals surface area contributed by atoms with Gasteiger partial charge >= 0.3 is 0 Å². The van der Waals surface area contributed by atoms with Crippen LogP contribution in [0.3, 0.4) is 0 Å². The lowest BCUT2D eigenvalue weighted by Crippen LogP contribution is -2.17. The van der Waals surface area contributed by atoms with Gasteiger partial charge in [0.2, 0.25) is 0 Å². The SMILES string of the molecule is COc1ccc(F)c(Cl)c1[C@@H](C)c1c[nH]c2ncc(-c3cn(C4C[C@@H](O)[C@@H](O)C4)nc3C)cc12. The lowest BCUT2D eigenvalue weighted by Gasteiger charge is -2.17. The molecule has 3 aromatic heterocycles. The van der Waals surface area contributed by atoms with E-state index in [1.165, 1.54) is 13.2 Å². The first-order valence-corrected chi connectivity index (χ1v) is 11.6. The Bertz CT molecular complexity index is 1360. The largest absolute Gasteiger partial charge is 0.496 e. The molecule has 0 bridgehead atoms. The number of aromatic amines is 1. The Morgan fingerprint density at radius 2 is 2.00 bits per heavy atom. The van der Waals surface area contributed by atoms with Crippen molar-refractivity contribution in [2.24, 2.45) is 0 Å². The third-order valence-electron chi connectivity index (χ3n) is 6.85. The van der Waals surface area contributed by atoms with Crippen LogP contribution >= 0.6 is 11.6 Å². The normalized spacial score (nSPS) is 21.3. The van der Waals surface area contributed by atoms with Gasteiger partial charge in [-0.05, 0) is 43.5 Å². The lowest BCUT2D eigenvalue weighted by molar-refractivity contribution is 0.0438. The van der Waals surface area contributed by atoms with Crippen molar-refractivity contribution in [1.82, 2.24) is 19.7 Å². The minimum atomic E-state index is -0.730. The molecule has 0 aliphatic heterocycles. The van der Waals surface area contributed by atoms with Crippen LogP contribution in [0.15, 0.2) is 36.8 Å². The first kappa shape index (κ1) is 22.8. The second-order valence-electron chi connectivity index (χ2n) is 8.93. The van der Waals surface area contributed by atoms with E-state index >= 15 is 0 Å². The maximum absolute atomic E-state index is 14.3. The van der Waals surface area contributed by atoms with Crippen molar-refractivity contribution in [3.05, 3.63) is 64.5 Å². The summed E-state index contributed by atoms with van der Waals surface area (Å²) in [6, 6.07) is 4.87. The number of hydrogen-bond acceptors (Lipinski definition) is 5. The van der Waals surface area contributed by atoms with E-state index in [1.54, 1.807) is 12.3 Å². The van der Waals surface area contributed by atoms with Crippen molar-refractivity contribution < 1.29 is 19.3 Å². The number of methoxy groups -OCH3 is 1. The number of pyridine rings is 1. The van der Waals surface area contributed by atoms with Crippen molar-refractivity contribution >= 4 is 22.6 Å². The maximum atomic E-state index is 14.3. The van der Waals surface area contributed by atoms with Crippen molar-refractivity contribution in [3.8, 4) is 16.9 Å². The van der Waals surface area contributed by atoms with Crippen LogP contribution in [0.2, 0.25) is 5.02 Å². The van der Waals surface area contributed by atoms with E-state index in [9.17, 15) is 14.6 Å². The van der Waals surface area contributed by atoms with E-state index in [-0.39, 0.29) is 17.0 Å². The molecule has 0 saturated heterocycles. The van der Waals surface area contributed by atoms with Gasteiger partial charge in [-0.2, -0.15) is 5.10 Å². The van der Waals surface area contributed by atoms with Crippen LogP contribution in [0.25, 0.3) is 22.2 Å². The van der Waals surface area contributed by atoms with Crippen molar-refractivity contribution in [1.29, 1.82) is 0 Å². The number of rotatable bonds is 5. The zero-order chi connectivity index (χ0) is 24.1. The number of aliphatic hydroxyl groups is 2. The number of aryl methyl sites for hydroxylation is 1. The summed E-state index contributed by atoms with van der Waals surface area (Å²) in [5.41, 5.74) is 4.85. The molecule has 1 aliphatic carbocycles. The minimum Gasteiger partial charge on any atom is -0.496 e. The van der Waals surface area contributed by atoms with Gasteiger partial charge in [0.05, 0.1) is 36.1 Å². The molecule has 5 rings (SSSR count). The quantitative estimate of drug-likeness (QED) is 0.380. The number of aliphatic hydroxyl groups excluding tert-OH is 2. The number of fused-ring (bicyclic) bond motifs is 1. The monoisotopic (exact) mass is 484 g/mol. The van der Waals surface area contributed by atoms with E-state index < -0.39 is 18.0 Å². The molecule has 178 valence electrons. The number of ether oxygens (including phenoxy) is 1. The van der Waals surface area contributed by atoms with Gasteiger partial charge < -0.3 is 19.9 Å². The molecule has 34 heavy (non-hydrogen) atoms. The highest BCUT2D eigenvalue weighted by Gasteiger charge is 2.33. The van der Waals surface area contributed by atoms with Crippen LogP contribution in [0.4, 0.5) is 4.39 Å². The highest BCUT2D eigenvalue weighted by molar-refractivity contribution is 6.31. The van der Waals surface area contributed by atoms with E-state index in [4.69, 9.17) is 16.3 Å². The lowest BCUT2D eigenvalue weighted by atomic mass is 9.91. The molecule has 1 fully saturated rings. The summed E-state index contributed by atoms with van der Waals surface area (Å²) in [7, 11) is 1.54. The Morgan fingerprint density at radius 1 is 1.26 bits per heavy atom. The number of hydrogen-bond donors (Lipinski definition) is 3. The van der Waals surface area contributed by atoms with Gasteiger partial charge in [-0.3, -0.25) is 4.68 Å². The number of aromatic nitrogens is 4. The Kier molecular flexibility index (Phi) is 5.83. The Hall–Kier alpha value is -2.94. The van der Waals surface area contributed by atoms with E-state index in [0.717, 1.165) is 27.8 Å². The molecule has 0 amide bonds. The van der Waals surface area contributed by atoms with Crippen LogP contribution in [0.5, 0.6) is 5.75 Å². The number of halogens is 2. The zero-order valence-electron chi connectivity index (χ0n) is 19.1. The fourth-order valence-electron chi connectivity index (χ4n) is 4.95. The first-order valence-electron chi connectivity index (χ1n) is 11.2. The third kappa shape index (κ3) is 3.76. The Labute approximate surface area is 201 Å². The fraction of sp³-hybridized carbons (Fsp3) is 0.360. The number of benzene rings is 1. The Morgan fingerprint density at radius 3 is 2.71 bits per heavy atom. The van der Waals surface area contributed by atoms with E-state index in [2.05, 4.69) is 15.1 Å². The van der Waals surface area contributed by atoms with Gasteiger partial charge in [-0.25, -0.2) is 9.37 Å². The Balaban J connectivity index is 1.55. The fourth-order valence-corrected chi connectivity index (χ4v) is 5.27. The molecule has 4 aromatic rings. The second-order valence-corrected chi connectivity index (χ2v) is 9.31. The standard InChI is InChI=1S/C25H26ClFN4O3/c1-12(23-22(34-3)5-4-19(27)24(23)26)17-10-29-25-16(17)6-14(9-28-25)18-11-31(30-13(18)2)15-7-20(32)21(33)8-15/h4-6,9-12,15,20-21,32-33H,7-8H2,1-3H3,(H,28,29)/t12-,15?,20-,21+/m0/s1. The van der Waals surface area contributed by atoms with Crippen LogP contribution < -0.4 is 4.74 Å². The number of nitrogens with zero attached hydrogens (tertiary/aromatic N) is 3. The molecule has 1 aromatic carbocycles. The summed E-state index contributed by atoms with van der Waals surface area (Å²) in [5, 5.41) is 25.4. The van der Waals surface area contributed by atoms with Gasteiger partial charge in [0.1, 0.15) is 17.2 Å². The molecule has 0 radical (unpaired) electrons. The minimum absolute atomic E-state index is 0.0448. The number of nitrogens with one attached hydrogen (secondary N) is 1. The second kappa shape index (κ2) is 8.69. The van der Waals surface area contributed by atoms with Gasteiger partial charge in [0.15, 0.2) is 0 Å². The molecule has 1 aliphatic rings. The van der Waals surface area contributed by atoms with Gasteiger partial charge in [-0.15, -0.1) is 0 Å². The number of H-pyrrole nitrogens is 1. The van der Waals surface area contributed by atoms with Crippen molar-refractivity contribution in [2.45, 2.75) is 50.9 Å². The molecule has 3 N–H and O–H groups in total. The molecule has 4 atom stereocenters. The summed E-state index contributed by atoms with van der Waals surface area (Å²) in [6.45, 7) is 3.88. The molecule has 7 nitrogen and oxygen atoms in total. The van der Waals surface area contributed by atoms with E-state index in [1.807, 2.05) is 37.0 Å². The summed E-state index contributed by atoms with van der Waals surface area (Å²) in [5.74, 6) is -0.224. The highest BCUT2D eigenvalue weighted by Crippen LogP contribution is 2.41. The molecular weight excluding hydrogens is 459 g/mol. The molecule has 1 saturated carbocycles. The molecule has 0 spiro atoms. The molecule has 1 unspecified atom stereocenters. The zero-order valence-corrected chi connectivity index (χ0v) is 19.8. The molecule has 3 heterocycles. The van der Waals surface area contributed by atoms with Crippen LogP contribution in [-0.4, -0.2) is 49.3 Å². The molecule has 9 heteroatoms. The summed E-state index contributed by atoms with van der Waals surface area (Å²) < 4.78 is 21.6. The van der Waals surface area contributed by atoms with Crippen molar-refractivity contribution in [3.63, 3.8) is 0 Å². The van der Waals surface area contributed by atoms with Crippen LogP contribution in [0.1, 0.15) is 48.5 Å². The van der Waals surface area contributed by atoms with Gasteiger partial charge in [-0.1, -0.05) is 18.5 Å². The van der Waals surface area contributed by atoms with E-state index in [0.29, 0.717) is 29.8 Å². The van der Waals surface area contributed by atoms with Crippen LogP contribution in [-0.2, 0) is 0 Å². The maximum Gasteiger partial charge on any atom is 0.142 e. The average molecular weight is 485 g/mol. The summed E-state index contributed by atoms with van der Waals surface area (Å²) in [4.78, 5) is 7.80. The van der Waals surface area contributed by atoms with Gasteiger partial charge in [0, 0.05) is 46.6 Å². The average Bonchev–Trinajstić information content (AvgIpc) is 3.51. The highest BCUT2D eigenvalue weighted by atomic mass is 35.5. The summed E-state index contributed by atoms with van der Waals surface area (Å²) >= 11 is 6.35. The summed E-state index contributed by atoms with van der Waals surface area (Å²) in [6.07, 6.45) is 5.07. The van der Waals surface area contributed by atoms with Crippen LogP contribution in [0, 0.1) is 12.7 Å². The van der Waals surface area contributed by atoms with Crippen molar-refractivity contribution in [2.75, 3.05) is 7.11 Å². The van der Waals surface area contributed by atoms with Gasteiger partial charge in [0.25, 0.3) is 0 Å². The smallest absolute Gasteiger partial charge is 0.142 e. The predicted molar refractivity (Wildman–Crippen MR) is 128 cm³/mol.